The fourth-order valence-corrected chi connectivity index (χ4v) is 3.50. The van der Waals surface area contributed by atoms with Gasteiger partial charge in [0.2, 0.25) is 5.91 Å². The normalized spacial score (nSPS) is 10.7. The van der Waals surface area contributed by atoms with Crippen molar-refractivity contribution in [3.05, 3.63) is 82.8 Å². The Kier molecular flexibility index (Phi) is 6.08. The molecule has 2 heterocycles. The molecule has 0 aliphatic carbocycles. The van der Waals surface area contributed by atoms with Crippen LogP contribution in [-0.2, 0) is 11.3 Å². The number of nitrogens with one attached hydrogen (secondary N) is 3. The van der Waals surface area contributed by atoms with Crippen molar-refractivity contribution in [1.82, 2.24) is 30.4 Å². The van der Waals surface area contributed by atoms with E-state index >= 15 is 0 Å². The number of para-hydroxylation sites is 1. The van der Waals surface area contributed by atoms with Gasteiger partial charge in [-0.25, -0.2) is 14.5 Å². The number of nitrogens with zero attached hydrogens (tertiary/aromatic N) is 3. The third-order valence-corrected chi connectivity index (χ3v) is 5.18. The zero-order chi connectivity index (χ0) is 21.6. The van der Waals surface area contributed by atoms with Gasteiger partial charge in [0, 0.05) is 6.54 Å². The number of thioether (sulfide) groups is 1. The van der Waals surface area contributed by atoms with Gasteiger partial charge in [0.25, 0.3) is 5.56 Å². The van der Waals surface area contributed by atoms with E-state index in [2.05, 4.69) is 25.7 Å². The molecular formula is C21H18N6O3S. The Bertz CT molecular complexity index is 1270. The summed E-state index contributed by atoms with van der Waals surface area (Å²) in [7, 11) is 0. The Morgan fingerprint density at radius 1 is 1.03 bits per heavy atom. The van der Waals surface area contributed by atoms with Crippen LogP contribution in [0.4, 0.5) is 4.79 Å². The Morgan fingerprint density at radius 3 is 2.48 bits per heavy atom. The fourth-order valence-electron chi connectivity index (χ4n) is 2.84. The third-order valence-electron chi connectivity index (χ3n) is 4.31. The van der Waals surface area contributed by atoms with Crippen LogP contribution in [0.25, 0.3) is 16.7 Å². The first kappa shape index (κ1) is 20.4. The predicted octanol–water partition coefficient (Wildman–Crippen LogP) is 2.23. The number of hydrogen-bond donors (Lipinski definition) is 3. The maximum atomic E-state index is 12.4. The fraction of sp³-hybridized carbons (Fsp3) is 0.0952. The molecule has 0 fully saturated rings. The molecule has 156 valence electrons. The van der Waals surface area contributed by atoms with E-state index in [1.807, 2.05) is 60.7 Å². The summed E-state index contributed by atoms with van der Waals surface area (Å²) >= 11 is 1.02. The lowest BCUT2D eigenvalue weighted by molar-refractivity contribution is -0.117. The van der Waals surface area contributed by atoms with E-state index in [9.17, 15) is 14.4 Å². The average Bonchev–Trinajstić information content (AvgIpc) is 3.22. The first-order valence-corrected chi connectivity index (χ1v) is 10.4. The van der Waals surface area contributed by atoms with Gasteiger partial charge >= 0.3 is 6.03 Å². The molecule has 2 aromatic carbocycles. The van der Waals surface area contributed by atoms with Crippen molar-refractivity contribution in [2.45, 2.75) is 11.7 Å². The first-order valence-electron chi connectivity index (χ1n) is 9.38. The van der Waals surface area contributed by atoms with Gasteiger partial charge in [-0.15, -0.1) is 0 Å². The number of amides is 3. The lowest BCUT2D eigenvalue weighted by Crippen LogP contribution is -2.40. The van der Waals surface area contributed by atoms with E-state index in [1.165, 1.54) is 6.20 Å². The number of aromatic amines is 1. The highest BCUT2D eigenvalue weighted by molar-refractivity contribution is 7.99. The summed E-state index contributed by atoms with van der Waals surface area (Å²) in [4.78, 5) is 43.4. The van der Waals surface area contributed by atoms with Crippen LogP contribution in [0.15, 0.2) is 76.8 Å². The van der Waals surface area contributed by atoms with Gasteiger partial charge in [-0.1, -0.05) is 60.3 Å². The Balaban J connectivity index is 1.39. The van der Waals surface area contributed by atoms with Crippen LogP contribution >= 0.6 is 11.8 Å². The molecule has 31 heavy (non-hydrogen) atoms. The molecule has 0 saturated heterocycles. The van der Waals surface area contributed by atoms with Gasteiger partial charge in [-0.3, -0.25) is 14.9 Å². The minimum atomic E-state index is -0.589. The molecule has 0 aliphatic heterocycles. The smallest absolute Gasteiger partial charge is 0.321 e. The zero-order valence-electron chi connectivity index (χ0n) is 16.2. The van der Waals surface area contributed by atoms with Gasteiger partial charge in [-0.2, -0.15) is 5.10 Å². The quantitative estimate of drug-likeness (QED) is 0.316. The molecule has 4 rings (SSSR count). The number of carbonyl (C=O) groups excluding carboxylic acids is 2. The van der Waals surface area contributed by atoms with Crippen molar-refractivity contribution in [2.75, 3.05) is 5.75 Å². The molecule has 3 amide bonds. The van der Waals surface area contributed by atoms with Crippen LogP contribution < -0.4 is 16.2 Å². The van der Waals surface area contributed by atoms with Crippen LogP contribution in [-0.4, -0.2) is 37.4 Å². The molecule has 9 nitrogen and oxygen atoms in total. The number of fused-ring (bicyclic) bond motifs is 1. The van der Waals surface area contributed by atoms with E-state index < -0.39 is 11.9 Å². The molecule has 0 atom stereocenters. The molecule has 2 aromatic heterocycles. The molecule has 0 radical (unpaired) electrons. The Morgan fingerprint density at radius 2 is 1.74 bits per heavy atom. The highest BCUT2D eigenvalue weighted by Crippen LogP contribution is 2.17. The molecule has 3 N–H and O–H groups in total. The second-order valence-corrected chi connectivity index (χ2v) is 7.47. The predicted molar refractivity (Wildman–Crippen MR) is 117 cm³/mol. The van der Waals surface area contributed by atoms with Gasteiger partial charge in [0.15, 0.2) is 10.8 Å². The number of rotatable bonds is 6. The largest absolute Gasteiger partial charge is 0.334 e. The van der Waals surface area contributed by atoms with Crippen molar-refractivity contribution in [1.29, 1.82) is 0 Å². The van der Waals surface area contributed by atoms with E-state index in [0.717, 1.165) is 23.0 Å². The van der Waals surface area contributed by atoms with E-state index in [0.29, 0.717) is 17.6 Å². The average molecular weight is 434 g/mol. The monoisotopic (exact) mass is 434 g/mol. The summed E-state index contributed by atoms with van der Waals surface area (Å²) in [6.07, 6.45) is 1.45. The standard InChI is InChI=1S/C21H18N6O3S/c28-17(24-20(30)22-11-14-7-3-1-4-8-14)13-31-21-25-18-16(19(29)26-21)12-23-27(18)15-9-5-2-6-10-15/h1-10,12H,11,13H2,(H,25,26,29)(H2,22,24,28,30). The van der Waals surface area contributed by atoms with Crippen LogP contribution in [0.5, 0.6) is 0 Å². The lowest BCUT2D eigenvalue weighted by atomic mass is 10.2. The van der Waals surface area contributed by atoms with Crippen LogP contribution in [0, 0.1) is 0 Å². The third kappa shape index (κ3) is 4.98. The van der Waals surface area contributed by atoms with Crippen LogP contribution in [0.2, 0.25) is 0 Å². The van der Waals surface area contributed by atoms with Crippen LogP contribution in [0.1, 0.15) is 5.56 Å². The maximum Gasteiger partial charge on any atom is 0.321 e. The Hall–Kier alpha value is -3.92. The van der Waals surface area contributed by atoms with E-state index in [4.69, 9.17) is 0 Å². The van der Waals surface area contributed by atoms with Crippen LogP contribution in [0.3, 0.4) is 0 Å². The highest BCUT2D eigenvalue weighted by Gasteiger charge is 2.14. The summed E-state index contributed by atoms with van der Waals surface area (Å²) in [5.41, 5.74) is 1.72. The number of hydrogen-bond acceptors (Lipinski definition) is 6. The van der Waals surface area contributed by atoms with Crippen molar-refractivity contribution in [3.8, 4) is 5.69 Å². The Labute approximate surface area is 180 Å². The summed E-state index contributed by atoms with van der Waals surface area (Å²) in [6, 6.07) is 18.1. The van der Waals surface area contributed by atoms with Crippen molar-refractivity contribution in [2.24, 2.45) is 0 Å². The SMILES string of the molecule is O=C(CSc1nc2c(cnn2-c2ccccc2)c(=O)[nH]1)NC(=O)NCc1ccccc1. The van der Waals surface area contributed by atoms with Gasteiger partial charge in [0.05, 0.1) is 17.6 Å². The summed E-state index contributed by atoms with van der Waals surface area (Å²) in [5.74, 6) is -0.595. The van der Waals surface area contributed by atoms with E-state index in [1.54, 1.807) is 4.68 Å². The highest BCUT2D eigenvalue weighted by atomic mass is 32.2. The van der Waals surface area contributed by atoms with E-state index in [-0.39, 0.29) is 16.5 Å². The molecule has 0 saturated carbocycles. The second kappa shape index (κ2) is 9.26. The summed E-state index contributed by atoms with van der Waals surface area (Å²) < 4.78 is 1.56. The molecule has 0 unspecified atom stereocenters. The zero-order valence-corrected chi connectivity index (χ0v) is 17.1. The number of carbonyl (C=O) groups is 2. The maximum absolute atomic E-state index is 12.4. The molecule has 0 bridgehead atoms. The first-order chi connectivity index (χ1) is 15.1. The molecule has 0 spiro atoms. The number of H-pyrrole nitrogens is 1. The number of urea groups is 1. The molecule has 4 aromatic rings. The van der Waals surface area contributed by atoms with Crippen molar-refractivity contribution >= 4 is 34.7 Å². The van der Waals surface area contributed by atoms with Gasteiger partial charge in [0.1, 0.15) is 5.39 Å². The summed E-state index contributed by atoms with van der Waals surface area (Å²) in [6.45, 7) is 0.308. The number of aromatic nitrogens is 4. The van der Waals surface area contributed by atoms with Gasteiger partial charge in [-0.05, 0) is 17.7 Å². The summed E-state index contributed by atoms with van der Waals surface area (Å²) in [5, 5.41) is 9.72. The lowest BCUT2D eigenvalue weighted by Gasteiger charge is -2.07. The molecular weight excluding hydrogens is 416 g/mol. The van der Waals surface area contributed by atoms with Gasteiger partial charge < -0.3 is 10.3 Å². The second-order valence-electron chi connectivity index (χ2n) is 6.51. The molecule has 0 aliphatic rings. The van der Waals surface area contributed by atoms with Crippen molar-refractivity contribution < 1.29 is 9.59 Å². The van der Waals surface area contributed by atoms with Crippen molar-refractivity contribution in [3.63, 3.8) is 0 Å². The molecule has 10 heteroatoms. The number of benzene rings is 2. The minimum absolute atomic E-state index is 0.0906. The topological polar surface area (TPSA) is 122 Å². The number of imide groups is 1. The minimum Gasteiger partial charge on any atom is -0.334 e.